The van der Waals surface area contributed by atoms with Crippen LogP contribution in [0.25, 0.3) is 0 Å². The summed E-state index contributed by atoms with van der Waals surface area (Å²) in [5, 5.41) is 1.90. The molecule has 6 nitrogen and oxygen atoms in total. The van der Waals surface area contributed by atoms with E-state index in [1.165, 1.54) is 7.11 Å². The molecule has 0 amide bonds. The van der Waals surface area contributed by atoms with Gasteiger partial charge in [0.1, 0.15) is 23.5 Å². The van der Waals surface area contributed by atoms with Crippen molar-refractivity contribution >= 4 is 27.7 Å². The highest BCUT2D eigenvalue weighted by Crippen LogP contribution is 2.64. The molecule has 7 heteroatoms. The van der Waals surface area contributed by atoms with Crippen molar-refractivity contribution in [2.75, 3.05) is 7.11 Å². The SMILES string of the molecule is CC.CCC12CC(C(=O)OC)(C1)C(C1N=C3C(C)=CC(Br)=CN3N1)O2. The number of halogens is 1. The van der Waals surface area contributed by atoms with Gasteiger partial charge in [0.15, 0.2) is 0 Å². The molecular weight excluding hydrogens is 386 g/mol. The Labute approximate surface area is 157 Å². The molecule has 0 aromatic carbocycles. The predicted molar refractivity (Wildman–Crippen MR) is 99.9 cm³/mol. The molecule has 5 rings (SSSR count). The lowest BCUT2D eigenvalue weighted by Crippen LogP contribution is -2.54. The van der Waals surface area contributed by atoms with E-state index in [4.69, 9.17) is 14.5 Å². The number of methoxy groups -OCH3 is 1. The average molecular weight is 412 g/mol. The van der Waals surface area contributed by atoms with Gasteiger partial charge in [-0.2, -0.15) is 0 Å². The first-order valence-corrected chi connectivity index (χ1v) is 9.68. The molecule has 1 aliphatic carbocycles. The Morgan fingerprint density at radius 1 is 1.52 bits per heavy atom. The Balaban J connectivity index is 0.000000880. The lowest BCUT2D eigenvalue weighted by atomic mass is 9.59. The third-order valence-electron chi connectivity index (χ3n) is 5.44. The second-order valence-electron chi connectivity index (χ2n) is 6.81. The van der Waals surface area contributed by atoms with Crippen LogP contribution in [0.4, 0.5) is 0 Å². The molecule has 2 unspecified atom stereocenters. The van der Waals surface area contributed by atoms with Crippen molar-refractivity contribution in [3.63, 3.8) is 0 Å². The topological polar surface area (TPSA) is 63.2 Å². The molecule has 138 valence electrons. The number of hydrogen-bond acceptors (Lipinski definition) is 6. The van der Waals surface area contributed by atoms with Crippen molar-refractivity contribution in [1.29, 1.82) is 0 Å². The van der Waals surface area contributed by atoms with E-state index in [-0.39, 0.29) is 23.8 Å². The van der Waals surface area contributed by atoms with Crippen LogP contribution in [0.2, 0.25) is 0 Å². The van der Waals surface area contributed by atoms with Crippen molar-refractivity contribution in [3.8, 4) is 0 Å². The highest BCUT2D eigenvalue weighted by Gasteiger charge is 2.73. The Bertz CT molecular complexity index is 664. The van der Waals surface area contributed by atoms with E-state index in [9.17, 15) is 4.79 Å². The van der Waals surface area contributed by atoms with E-state index < -0.39 is 5.41 Å². The number of fused-ring (bicyclic) bond motifs is 2. The first kappa shape index (κ1) is 18.6. The number of amidine groups is 1. The Hall–Kier alpha value is -1.18. The Morgan fingerprint density at radius 2 is 2.20 bits per heavy atom. The number of rotatable bonds is 3. The molecule has 0 aromatic heterocycles. The monoisotopic (exact) mass is 411 g/mol. The van der Waals surface area contributed by atoms with Crippen LogP contribution in [0.15, 0.2) is 27.3 Å². The van der Waals surface area contributed by atoms with Crippen LogP contribution in [0, 0.1) is 5.41 Å². The number of ether oxygens (including phenoxy) is 2. The number of allylic oxidation sites excluding steroid dienone is 2. The molecule has 4 aliphatic heterocycles. The summed E-state index contributed by atoms with van der Waals surface area (Å²) in [6, 6.07) is 0. The first-order chi connectivity index (χ1) is 11.9. The third-order valence-corrected chi connectivity index (χ3v) is 5.87. The highest BCUT2D eigenvalue weighted by molar-refractivity contribution is 9.11. The molecule has 2 bridgehead atoms. The van der Waals surface area contributed by atoms with E-state index >= 15 is 0 Å². The number of esters is 1. The molecule has 1 saturated carbocycles. The maximum atomic E-state index is 12.4. The van der Waals surface area contributed by atoms with Gasteiger partial charge in [-0.05, 0) is 53.8 Å². The number of nitrogens with one attached hydrogen (secondary N) is 1. The summed E-state index contributed by atoms with van der Waals surface area (Å²) in [5.41, 5.74) is 3.65. The van der Waals surface area contributed by atoms with Gasteiger partial charge in [-0.15, -0.1) is 0 Å². The number of aliphatic imine (C=N–C) groups is 1. The molecule has 1 N–H and O–H groups in total. The van der Waals surface area contributed by atoms with E-state index in [2.05, 4.69) is 28.3 Å². The van der Waals surface area contributed by atoms with Crippen LogP contribution in [0.3, 0.4) is 0 Å². The van der Waals surface area contributed by atoms with Crippen molar-refractivity contribution in [2.24, 2.45) is 10.4 Å². The molecule has 2 atom stereocenters. The largest absolute Gasteiger partial charge is 0.469 e. The molecule has 25 heavy (non-hydrogen) atoms. The molecule has 0 spiro atoms. The fraction of sp³-hybridized carbons (Fsp3) is 0.667. The summed E-state index contributed by atoms with van der Waals surface area (Å²) in [7, 11) is 1.45. The van der Waals surface area contributed by atoms with Crippen molar-refractivity contribution < 1.29 is 14.3 Å². The van der Waals surface area contributed by atoms with Crippen LogP contribution >= 0.6 is 15.9 Å². The zero-order chi connectivity index (χ0) is 18.4. The number of hydrogen-bond donors (Lipinski definition) is 1. The smallest absolute Gasteiger partial charge is 0.314 e. The summed E-state index contributed by atoms with van der Waals surface area (Å²) in [6.07, 6.45) is 5.74. The van der Waals surface area contributed by atoms with Crippen LogP contribution < -0.4 is 5.43 Å². The van der Waals surface area contributed by atoms with Gasteiger partial charge in [0, 0.05) is 10.7 Å². The first-order valence-electron chi connectivity index (χ1n) is 8.88. The van der Waals surface area contributed by atoms with Crippen molar-refractivity contribution in [1.82, 2.24) is 10.4 Å². The van der Waals surface area contributed by atoms with Gasteiger partial charge < -0.3 is 9.47 Å². The van der Waals surface area contributed by atoms with Gasteiger partial charge in [0.05, 0.1) is 12.7 Å². The molecule has 2 saturated heterocycles. The molecule has 5 aliphatic rings. The van der Waals surface area contributed by atoms with Gasteiger partial charge in [0.25, 0.3) is 0 Å². The van der Waals surface area contributed by atoms with Crippen molar-refractivity contribution in [2.45, 2.75) is 64.8 Å². The van der Waals surface area contributed by atoms with Crippen molar-refractivity contribution in [3.05, 3.63) is 22.3 Å². The zero-order valence-corrected chi connectivity index (χ0v) is 17.0. The fourth-order valence-electron chi connectivity index (χ4n) is 4.31. The summed E-state index contributed by atoms with van der Waals surface area (Å²) in [6.45, 7) is 8.12. The molecular formula is C18H26BrN3O3. The van der Waals surface area contributed by atoms with Crippen LogP contribution in [-0.4, -0.2) is 41.8 Å². The van der Waals surface area contributed by atoms with Crippen LogP contribution in [0.5, 0.6) is 0 Å². The normalized spacial score (nSPS) is 37.8. The molecule has 0 aromatic rings. The fourth-order valence-corrected chi connectivity index (χ4v) is 4.86. The van der Waals surface area contributed by atoms with E-state index in [1.54, 1.807) is 0 Å². The lowest BCUT2D eigenvalue weighted by Gasteiger charge is -2.42. The molecule has 0 radical (unpaired) electrons. The van der Waals surface area contributed by atoms with Gasteiger partial charge in [-0.3, -0.25) is 9.80 Å². The van der Waals surface area contributed by atoms with E-state index in [1.807, 2.05) is 38.1 Å². The minimum atomic E-state index is -0.570. The summed E-state index contributed by atoms with van der Waals surface area (Å²) in [4.78, 5) is 17.2. The predicted octanol–water partition coefficient (Wildman–Crippen LogP) is 3.25. The van der Waals surface area contributed by atoms with Crippen LogP contribution in [-0.2, 0) is 14.3 Å². The van der Waals surface area contributed by atoms with Gasteiger partial charge in [-0.25, -0.2) is 10.4 Å². The summed E-state index contributed by atoms with van der Waals surface area (Å²) >= 11 is 3.50. The quantitative estimate of drug-likeness (QED) is 0.722. The number of carbonyl (C=O) groups excluding carboxylic acids is 1. The van der Waals surface area contributed by atoms with Gasteiger partial charge in [0.2, 0.25) is 0 Å². The molecule has 4 heterocycles. The summed E-state index contributed by atoms with van der Waals surface area (Å²) in [5.74, 6) is 0.691. The maximum Gasteiger partial charge on any atom is 0.314 e. The number of nitrogens with zero attached hydrogens (tertiary/aromatic N) is 2. The number of hydrazine groups is 1. The third kappa shape index (κ3) is 2.67. The lowest BCUT2D eigenvalue weighted by molar-refractivity contribution is -0.159. The van der Waals surface area contributed by atoms with Gasteiger partial charge in [-0.1, -0.05) is 20.8 Å². The van der Waals surface area contributed by atoms with Crippen LogP contribution in [0.1, 0.15) is 47.0 Å². The Kier molecular flexibility index (Phi) is 4.85. The second-order valence-corrected chi connectivity index (χ2v) is 7.73. The number of carbonyl (C=O) groups is 1. The highest BCUT2D eigenvalue weighted by atomic mass is 79.9. The Morgan fingerprint density at radius 3 is 2.80 bits per heavy atom. The minimum absolute atomic E-state index is 0.181. The molecule has 3 fully saturated rings. The summed E-state index contributed by atoms with van der Waals surface area (Å²) < 4.78 is 12.4. The van der Waals surface area contributed by atoms with Gasteiger partial charge >= 0.3 is 5.97 Å². The minimum Gasteiger partial charge on any atom is -0.469 e. The maximum absolute atomic E-state index is 12.4. The standard InChI is InChI=1S/C16H20BrN3O3.C2H6/c1-4-15-7-16(8-15,14(21)22-3)11(23-15)12-18-13-9(2)5-10(17)6-20(13)19-12;1-2/h5-6,11-12,19H,4,7-8H2,1-3H3;1-2H3. The van der Waals surface area contributed by atoms with E-state index in [0.717, 1.165) is 35.2 Å². The van der Waals surface area contributed by atoms with E-state index in [0.29, 0.717) is 0 Å². The zero-order valence-electron chi connectivity index (χ0n) is 15.4. The average Bonchev–Trinajstić information content (AvgIpc) is 3.23. The second kappa shape index (κ2) is 6.52.